The molecule has 5 aromatic rings. The molecule has 0 aliphatic carbocycles. The fourth-order valence-corrected chi connectivity index (χ4v) is 3.87. The van der Waals surface area contributed by atoms with E-state index in [0.717, 1.165) is 4.68 Å². The van der Waals surface area contributed by atoms with Crippen LogP contribution in [-0.4, -0.2) is 49.4 Å². The predicted molar refractivity (Wildman–Crippen MR) is 152 cm³/mol. The van der Waals surface area contributed by atoms with E-state index in [9.17, 15) is 18.0 Å². The molecule has 0 bridgehead atoms. The van der Waals surface area contributed by atoms with E-state index in [1.807, 2.05) is 19.0 Å². The number of nitrogens with two attached hydrogens (primary N) is 1. The molecule has 3 heterocycles. The van der Waals surface area contributed by atoms with E-state index in [-0.39, 0.29) is 72.1 Å². The van der Waals surface area contributed by atoms with E-state index in [0.29, 0.717) is 35.1 Å². The molecule has 2 aromatic carbocycles. The molecule has 10 nitrogen and oxygen atoms in total. The average molecular weight is 744 g/mol. The first-order chi connectivity index (χ1) is 18.0. The Morgan fingerprint density at radius 3 is 2.49 bits per heavy atom. The van der Waals surface area contributed by atoms with Crippen LogP contribution in [0, 0.1) is 5.82 Å². The minimum atomic E-state index is -4.83. The number of hydrogen-bond donors (Lipinski definition) is 2. The average Bonchev–Trinajstić information content (AvgIpc) is 3.58. The van der Waals surface area contributed by atoms with Gasteiger partial charge in [-0.15, -0.1) is 36.4 Å². The van der Waals surface area contributed by atoms with Crippen LogP contribution in [0.3, 0.4) is 0 Å². The number of halogens is 6. The second-order valence-corrected chi connectivity index (χ2v) is 8.64. The second-order valence-electron chi connectivity index (χ2n) is 8.64. The van der Waals surface area contributed by atoms with Crippen molar-refractivity contribution in [2.45, 2.75) is 12.7 Å². The minimum Gasteiger partial charge on any atom is -0.380 e. The fourth-order valence-electron chi connectivity index (χ4n) is 3.87. The second kappa shape index (κ2) is 13.2. The van der Waals surface area contributed by atoms with Crippen molar-refractivity contribution in [2.24, 2.45) is 0 Å². The van der Waals surface area contributed by atoms with Crippen LogP contribution in [0.25, 0.3) is 22.3 Å². The molecule has 3 N–H and O–H groups in total. The van der Waals surface area contributed by atoms with Gasteiger partial charge in [0.05, 0.1) is 23.3 Å². The number of carbonyl (C=O) groups excluding carboxylic acids is 1. The third-order valence-electron chi connectivity index (χ3n) is 5.61. The van der Waals surface area contributed by atoms with Gasteiger partial charge in [-0.05, 0) is 44.4 Å². The van der Waals surface area contributed by atoms with E-state index < -0.39 is 29.3 Å². The monoisotopic (exact) mass is 743 g/mol. The molecular weight excluding hydrogens is 722 g/mol. The summed E-state index contributed by atoms with van der Waals surface area (Å²) in [7, 11) is 3.73. The smallest absolute Gasteiger partial charge is 0.380 e. The summed E-state index contributed by atoms with van der Waals surface area (Å²) in [6, 6.07) is 8.86. The predicted octanol–water partition coefficient (Wildman–Crippen LogP) is 5.29. The van der Waals surface area contributed by atoms with Crippen molar-refractivity contribution in [3.63, 3.8) is 0 Å². The van der Waals surface area contributed by atoms with E-state index in [1.165, 1.54) is 30.3 Å². The summed E-state index contributed by atoms with van der Waals surface area (Å²) in [5.74, 6) is -1.11. The molecule has 0 saturated carbocycles. The number of amides is 1. The number of hydrogen-bond acceptors (Lipinski definition) is 7. The van der Waals surface area contributed by atoms with Crippen molar-refractivity contribution < 1.29 is 45.4 Å². The molecule has 0 aliphatic rings. The van der Waals surface area contributed by atoms with Crippen molar-refractivity contribution in [3.05, 3.63) is 77.9 Å². The number of nitrogen functional groups attached to an aromatic ring is 1. The molecule has 0 atom stereocenters. The molecule has 0 aliphatic heterocycles. The first-order valence-electron chi connectivity index (χ1n) is 11.1. The maximum atomic E-state index is 15.0. The Hall–Kier alpha value is -3.12. The Bertz CT molecular complexity index is 1670. The number of nitrogens with zero attached hydrogens (tertiary/aromatic N) is 6. The summed E-state index contributed by atoms with van der Waals surface area (Å²) in [5.41, 5.74) is 4.60. The Morgan fingerprint density at radius 1 is 1.12 bits per heavy atom. The third kappa shape index (κ3) is 7.03. The van der Waals surface area contributed by atoms with Gasteiger partial charge in [0.1, 0.15) is 17.3 Å². The first-order valence-corrected chi connectivity index (χ1v) is 11.1. The van der Waals surface area contributed by atoms with Crippen molar-refractivity contribution in [1.29, 1.82) is 0 Å². The summed E-state index contributed by atoms with van der Waals surface area (Å²) in [5, 5.41) is 9.84. The Morgan fingerprint density at radius 2 is 1.83 bits per heavy atom. The van der Waals surface area contributed by atoms with E-state index >= 15 is 4.39 Å². The van der Waals surface area contributed by atoms with Gasteiger partial charge in [0.25, 0.3) is 5.91 Å². The van der Waals surface area contributed by atoms with Gasteiger partial charge in [-0.2, -0.15) is 18.3 Å². The van der Waals surface area contributed by atoms with Crippen LogP contribution in [0.5, 0.6) is 0 Å². The van der Waals surface area contributed by atoms with Crippen LogP contribution >= 0.6 is 36.4 Å². The van der Waals surface area contributed by atoms with E-state index in [1.54, 1.807) is 23.0 Å². The number of alkyl halides is 3. The van der Waals surface area contributed by atoms with Gasteiger partial charge in [0, 0.05) is 48.8 Å². The zero-order valence-electron chi connectivity index (χ0n) is 21.3. The van der Waals surface area contributed by atoms with Crippen LogP contribution in [0.15, 0.2) is 59.4 Å². The first kappa shape index (κ1) is 34.1. The largest absolute Gasteiger partial charge is 0.435 e. The van der Waals surface area contributed by atoms with Crippen molar-refractivity contribution in [2.75, 3.05) is 25.1 Å². The van der Waals surface area contributed by atoms with Gasteiger partial charge in [-0.3, -0.25) is 4.79 Å². The molecule has 0 spiro atoms. The quantitative estimate of drug-likeness (QED) is 0.179. The third-order valence-corrected chi connectivity index (χ3v) is 5.61. The van der Waals surface area contributed by atoms with Crippen LogP contribution in [0.4, 0.5) is 29.1 Å². The van der Waals surface area contributed by atoms with Gasteiger partial charge >= 0.3 is 6.18 Å². The number of imidazole rings is 1. The summed E-state index contributed by atoms with van der Waals surface area (Å²) in [6.07, 6.45) is -1.58. The van der Waals surface area contributed by atoms with Crippen LogP contribution in [-0.2, 0) is 31.3 Å². The van der Waals surface area contributed by atoms with Gasteiger partial charge in [-0.1, -0.05) is 5.16 Å². The van der Waals surface area contributed by atoms with E-state index in [2.05, 4.69) is 20.6 Å². The molecular formula is C24H22ClF4IN8O2V. The molecule has 3 aromatic heterocycles. The summed E-state index contributed by atoms with van der Waals surface area (Å²) in [6.45, 7) is 0.505. The zero-order valence-corrected chi connectivity index (χ0v) is 25.8. The molecule has 0 fully saturated rings. The van der Waals surface area contributed by atoms with Crippen LogP contribution in [0.2, 0.25) is 0 Å². The molecule has 1 amide bonds. The number of aromatic nitrogens is 5. The maximum Gasteiger partial charge on any atom is 0.435 e. The minimum absolute atomic E-state index is 0. The number of nitrogens with one attached hydrogen (secondary N) is 1. The number of rotatable bonds is 6. The fraction of sp³-hybridized carbons (Fsp3) is 0.167. The van der Waals surface area contributed by atoms with Crippen molar-refractivity contribution in [3.8, 4) is 11.4 Å². The van der Waals surface area contributed by atoms with Gasteiger partial charge in [0.15, 0.2) is 17.1 Å². The standard InChI is InChI=1S/C24H20F4N8O2.ClH.HI.V/c1-34(2)12-21-30-7-8-35(21)13-3-5-17(16(25)10-13)31-23(37)18-11-20(24(26,27)28)32-36(18)14-4-6-19-15(9-14)22(29)33-38-19;;;/h3-11H,12H2,1-2H3,(H2,29,33)(H,31,37);2*1H;. The molecule has 0 unspecified atom stereocenters. The topological polar surface area (TPSA) is 120 Å². The summed E-state index contributed by atoms with van der Waals surface area (Å²) >= 11 is 0. The SMILES string of the molecule is CN(C)Cc1nccn1-c1ccc(NC(=O)c2cc(C(F)(F)F)nn2-c2ccc3onc(N)c3c2)c(F)c1.Cl.I.[V]. The normalized spacial score (nSPS) is 11.1. The molecule has 217 valence electrons. The molecule has 0 saturated heterocycles. The molecule has 5 rings (SSSR count). The number of fused-ring (bicyclic) bond motifs is 1. The Kier molecular flexibility index (Phi) is 11.0. The van der Waals surface area contributed by atoms with Crippen LogP contribution < -0.4 is 11.1 Å². The molecule has 1 radical (unpaired) electrons. The number of carbonyl (C=O) groups is 1. The molecule has 17 heteroatoms. The van der Waals surface area contributed by atoms with Crippen LogP contribution in [0.1, 0.15) is 22.0 Å². The maximum absolute atomic E-state index is 15.0. The summed E-state index contributed by atoms with van der Waals surface area (Å²) in [4.78, 5) is 19.3. The van der Waals surface area contributed by atoms with E-state index in [4.69, 9.17) is 10.3 Å². The van der Waals surface area contributed by atoms with Gasteiger partial charge in [0.2, 0.25) is 0 Å². The van der Waals surface area contributed by atoms with Crippen molar-refractivity contribution >= 4 is 64.8 Å². The Balaban J connectivity index is 0.00000196. The number of anilines is 2. The molecule has 41 heavy (non-hydrogen) atoms. The summed E-state index contributed by atoms with van der Waals surface area (Å²) < 4.78 is 63.0. The van der Waals surface area contributed by atoms with Gasteiger partial charge < -0.3 is 25.0 Å². The van der Waals surface area contributed by atoms with Gasteiger partial charge in [-0.25, -0.2) is 14.1 Å². The number of benzene rings is 2. The Labute approximate surface area is 265 Å². The van der Waals surface area contributed by atoms with Crippen molar-refractivity contribution in [1.82, 2.24) is 29.4 Å². The zero-order chi connectivity index (χ0) is 27.2.